The third-order valence-electron chi connectivity index (χ3n) is 4.58. The molecule has 26 heavy (non-hydrogen) atoms. The van der Waals surface area contributed by atoms with E-state index in [2.05, 4.69) is 31.3 Å². The molecule has 0 radical (unpaired) electrons. The molecule has 5 rings (SSSR count). The zero-order valence-electron chi connectivity index (χ0n) is 14.3. The van der Waals surface area contributed by atoms with Crippen molar-refractivity contribution >= 4 is 44.2 Å². The third-order valence-corrected chi connectivity index (χ3v) is 5.53. The fourth-order valence-electron chi connectivity index (χ4n) is 3.37. The molecule has 0 spiro atoms. The van der Waals surface area contributed by atoms with E-state index in [4.69, 9.17) is 4.74 Å². The smallest absolute Gasteiger partial charge is 0.165 e. The van der Waals surface area contributed by atoms with Gasteiger partial charge in [0.25, 0.3) is 0 Å². The van der Waals surface area contributed by atoms with Gasteiger partial charge in [-0.15, -0.1) is 11.3 Å². The number of thiazole rings is 1. The summed E-state index contributed by atoms with van der Waals surface area (Å²) in [6.45, 7) is 3.64. The number of nitrogens with zero attached hydrogens (tertiary/aromatic N) is 5. The Labute approximate surface area is 154 Å². The molecule has 1 atom stereocenters. The van der Waals surface area contributed by atoms with E-state index < -0.39 is 0 Å². The number of benzene rings is 1. The average Bonchev–Trinajstić information content (AvgIpc) is 3.35. The Morgan fingerprint density at radius 2 is 2.27 bits per heavy atom. The number of anilines is 2. The molecule has 0 amide bonds. The van der Waals surface area contributed by atoms with E-state index in [1.165, 1.54) is 4.70 Å². The van der Waals surface area contributed by atoms with Crippen molar-refractivity contribution in [1.82, 2.24) is 24.5 Å². The summed E-state index contributed by atoms with van der Waals surface area (Å²) in [4.78, 5) is 17.9. The van der Waals surface area contributed by atoms with Crippen molar-refractivity contribution in [2.24, 2.45) is 0 Å². The molecule has 0 bridgehead atoms. The van der Waals surface area contributed by atoms with Crippen molar-refractivity contribution in [2.45, 2.75) is 32.4 Å². The predicted octanol–water partition coefficient (Wildman–Crippen LogP) is 3.67. The minimum atomic E-state index is 0.245. The summed E-state index contributed by atoms with van der Waals surface area (Å²) in [7, 11) is 0. The van der Waals surface area contributed by atoms with Crippen molar-refractivity contribution in [3.63, 3.8) is 0 Å². The summed E-state index contributed by atoms with van der Waals surface area (Å²) in [5.74, 6) is 0.701. The van der Waals surface area contributed by atoms with Crippen molar-refractivity contribution < 1.29 is 4.74 Å². The number of hydrogen-bond acceptors (Lipinski definition) is 7. The van der Waals surface area contributed by atoms with Gasteiger partial charge in [0.05, 0.1) is 34.2 Å². The minimum absolute atomic E-state index is 0.245. The molecule has 1 aliphatic heterocycles. The van der Waals surface area contributed by atoms with E-state index >= 15 is 0 Å². The molecule has 4 aromatic rings. The summed E-state index contributed by atoms with van der Waals surface area (Å²) in [6.07, 6.45) is 5.85. The molecule has 1 aliphatic rings. The number of fused-ring (bicyclic) bond motifs is 2. The van der Waals surface area contributed by atoms with Crippen LogP contribution in [0.25, 0.3) is 21.4 Å². The molecular formula is C18H18N6OS. The molecule has 3 aromatic heterocycles. The van der Waals surface area contributed by atoms with Crippen LogP contribution in [0.3, 0.4) is 0 Å². The van der Waals surface area contributed by atoms with Crippen LogP contribution in [0.4, 0.5) is 11.5 Å². The summed E-state index contributed by atoms with van der Waals surface area (Å²) in [6, 6.07) is 6.16. The van der Waals surface area contributed by atoms with Gasteiger partial charge in [-0.25, -0.2) is 19.9 Å². The van der Waals surface area contributed by atoms with Crippen LogP contribution < -0.4 is 5.32 Å². The lowest BCUT2D eigenvalue weighted by molar-refractivity contribution is 0.0978. The first-order valence-electron chi connectivity index (χ1n) is 8.68. The zero-order valence-corrected chi connectivity index (χ0v) is 15.2. The van der Waals surface area contributed by atoms with Gasteiger partial charge >= 0.3 is 0 Å². The second kappa shape index (κ2) is 6.30. The number of hydrogen-bond donors (Lipinski definition) is 1. The molecule has 132 valence electrons. The lowest BCUT2D eigenvalue weighted by Crippen LogP contribution is -2.14. The SMILES string of the molecule is Cc1nc2cc(Nc3ncnc4c3ncn4CC3CCCO3)ccc2s1. The predicted molar refractivity (Wildman–Crippen MR) is 102 cm³/mol. The highest BCUT2D eigenvalue weighted by Gasteiger charge is 2.18. The number of aromatic nitrogens is 5. The molecule has 0 saturated carbocycles. The molecule has 0 aliphatic carbocycles. The summed E-state index contributed by atoms with van der Waals surface area (Å²) in [5.41, 5.74) is 3.52. The van der Waals surface area contributed by atoms with Crippen LogP contribution >= 0.6 is 11.3 Å². The summed E-state index contributed by atoms with van der Waals surface area (Å²) < 4.78 is 8.96. The van der Waals surface area contributed by atoms with Gasteiger partial charge < -0.3 is 14.6 Å². The van der Waals surface area contributed by atoms with Gasteiger partial charge in [0, 0.05) is 12.3 Å². The topological polar surface area (TPSA) is 77.8 Å². The number of aryl methyl sites for hydroxylation is 1. The lowest BCUT2D eigenvalue weighted by atomic mass is 10.2. The van der Waals surface area contributed by atoms with Crippen LogP contribution in [0.15, 0.2) is 30.9 Å². The monoisotopic (exact) mass is 366 g/mol. The molecule has 1 N–H and O–H groups in total. The van der Waals surface area contributed by atoms with E-state index in [0.29, 0.717) is 5.82 Å². The van der Waals surface area contributed by atoms with E-state index in [0.717, 1.165) is 53.4 Å². The van der Waals surface area contributed by atoms with Gasteiger partial charge in [-0.3, -0.25) is 0 Å². The first kappa shape index (κ1) is 15.7. The molecule has 1 fully saturated rings. The minimum Gasteiger partial charge on any atom is -0.376 e. The van der Waals surface area contributed by atoms with E-state index in [9.17, 15) is 0 Å². The first-order valence-corrected chi connectivity index (χ1v) is 9.49. The molecule has 7 nitrogen and oxygen atoms in total. The van der Waals surface area contributed by atoms with Gasteiger partial charge in [-0.05, 0) is 38.0 Å². The van der Waals surface area contributed by atoms with Crippen LogP contribution in [-0.4, -0.2) is 37.2 Å². The largest absolute Gasteiger partial charge is 0.376 e. The lowest BCUT2D eigenvalue weighted by Gasteiger charge is -2.10. The van der Waals surface area contributed by atoms with Crippen molar-refractivity contribution in [2.75, 3.05) is 11.9 Å². The average molecular weight is 366 g/mol. The highest BCUT2D eigenvalue weighted by molar-refractivity contribution is 7.18. The maximum Gasteiger partial charge on any atom is 0.165 e. The number of rotatable bonds is 4. The highest BCUT2D eigenvalue weighted by atomic mass is 32.1. The quantitative estimate of drug-likeness (QED) is 0.594. The van der Waals surface area contributed by atoms with Gasteiger partial charge in [-0.2, -0.15) is 0 Å². The van der Waals surface area contributed by atoms with E-state index in [1.807, 2.05) is 30.0 Å². The number of ether oxygens (including phenoxy) is 1. The van der Waals surface area contributed by atoms with Crippen molar-refractivity contribution in [3.8, 4) is 0 Å². The van der Waals surface area contributed by atoms with Crippen molar-refractivity contribution in [1.29, 1.82) is 0 Å². The Morgan fingerprint density at radius 3 is 3.15 bits per heavy atom. The fraction of sp³-hybridized carbons (Fsp3) is 0.333. The maximum absolute atomic E-state index is 5.73. The van der Waals surface area contributed by atoms with E-state index in [1.54, 1.807) is 17.7 Å². The van der Waals surface area contributed by atoms with Gasteiger partial charge in [0.15, 0.2) is 17.0 Å². The standard InChI is InChI=1S/C18H18N6OS/c1-11-22-14-7-12(4-5-15(14)26-11)23-17-16-18(20-9-19-17)24(10-21-16)8-13-3-2-6-25-13/h4-5,7,9-10,13H,2-3,6,8H2,1H3,(H,19,20,23). The Morgan fingerprint density at radius 1 is 1.31 bits per heavy atom. The van der Waals surface area contributed by atoms with Crippen LogP contribution in [0, 0.1) is 6.92 Å². The second-order valence-corrected chi connectivity index (χ2v) is 7.70. The molecule has 1 aromatic carbocycles. The Balaban J connectivity index is 1.46. The third kappa shape index (κ3) is 2.81. The van der Waals surface area contributed by atoms with Crippen LogP contribution in [0.5, 0.6) is 0 Å². The van der Waals surface area contributed by atoms with Crippen LogP contribution in [0.1, 0.15) is 17.8 Å². The maximum atomic E-state index is 5.73. The first-order chi connectivity index (χ1) is 12.8. The summed E-state index contributed by atoms with van der Waals surface area (Å²) >= 11 is 1.70. The van der Waals surface area contributed by atoms with Crippen molar-refractivity contribution in [3.05, 3.63) is 35.9 Å². The number of nitrogens with one attached hydrogen (secondary N) is 1. The fourth-order valence-corrected chi connectivity index (χ4v) is 4.18. The summed E-state index contributed by atoms with van der Waals surface area (Å²) in [5, 5.41) is 4.43. The van der Waals surface area contributed by atoms with Crippen LogP contribution in [0.2, 0.25) is 0 Å². The second-order valence-electron chi connectivity index (χ2n) is 6.47. The van der Waals surface area contributed by atoms with E-state index in [-0.39, 0.29) is 6.10 Å². The highest BCUT2D eigenvalue weighted by Crippen LogP contribution is 2.27. The van der Waals surface area contributed by atoms with Gasteiger partial charge in [0.1, 0.15) is 6.33 Å². The zero-order chi connectivity index (χ0) is 17.5. The Bertz CT molecular complexity index is 1080. The Kier molecular flexibility index (Phi) is 3.79. The van der Waals surface area contributed by atoms with Gasteiger partial charge in [0.2, 0.25) is 0 Å². The molecule has 8 heteroatoms. The molecule has 1 unspecified atom stereocenters. The molecule has 1 saturated heterocycles. The Hall–Kier alpha value is -2.58. The molecule has 4 heterocycles. The normalized spacial score (nSPS) is 17.3. The van der Waals surface area contributed by atoms with Gasteiger partial charge in [-0.1, -0.05) is 0 Å². The number of imidazole rings is 1. The van der Waals surface area contributed by atoms with Crippen LogP contribution in [-0.2, 0) is 11.3 Å². The molecular weight excluding hydrogens is 348 g/mol.